The first-order valence-corrected chi connectivity index (χ1v) is 8.45. The highest BCUT2D eigenvalue weighted by Crippen LogP contribution is 2.13. The van der Waals surface area contributed by atoms with E-state index < -0.39 is 6.29 Å². The predicted octanol–water partition coefficient (Wildman–Crippen LogP) is 2.57. The molecule has 0 aliphatic carbocycles. The standard InChI is InChI=1S/C20H25NO4/c1-16(22)15-17-7-9-18(10-8-17)24-14-13-21-12-11-20(23)25-19-5-3-2-4-6-19/h2-10,20-21,23H,11-15H2,1H3. The molecule has 5 heteroatoms. The van der Waals surface area contributed by atoms with Crippen LogP contribution in [-0.2, 0) is 11.2 Å². The minimum absolute atomic E-state index is 0.149. The molecule has 2 N–H and O–H groups in total. The third-order valence-electron chi connectivity index (χ3n) is 3.51. The van der Waals surface area contributed by atoms with Crippen LogP contribution >= 0.6 is 0 Å². The summed E-state index contributed by atoms with van der Waals surface area (Å²) < 4.78 is 11.0. The van der Waals surface area contributed by atoms with Crippen LogP contribution in [0.5, 0.6) is 11.5 Å². The molecule has 2 rings (SSSR count). The van der Waals surface area contributed by atoms with Crippen LogP contribution in [0.25, 0.3) is 0 Å². The minimum Gasteiger partial charge on any atom is -0.492 e. The van der Waals surface area contributed by atoms with Gasteiger partial charge in [0.2, 0.25) is 0 Å². The van der Waals surface area contributed by atoms with Gasteiger partial charge in [0.25, 0.3) is 0 Å². The number of ketones is 1. The zero-order valence-electron chi connectivity index (χ0n) is 14.5. The van der Waals surface area contributed by atoms with Crippen molar-refractivity contribution in [2.24, 2.45) is 0 Å². The molecule has 0 fully saturated rings. The number of aliphatic hydroxyl groups is 1. The average Bonchev–Trinajstić information content (AvgIpc) is 2.60. The number of para-hydroxylation sites is 1. The summed E-state index contributed by atoms with van der Waals surface area (Å²) in [6.45, 7) is 3.42. The molecule has 0 radical (unpaired) electrons. The normalized spacial score (nSPS) is 11.8. The Labute approximate surface area is 148 Å². The van der Waals surface area contributed by atoms with E-state index in [-0.39, 0.29) is 5.78 Å². The molecule has 0 heterocycles. The van der Waals surface area contributed by atoms with Crippen LogP contribution in [0.4, 0.5) is 0 Å². The predicted molar refractivity (Wildman–Crippen MR) is 96.9 cm³/mol. The van der Waals surface area contributed by atoms with Crippen molar-refractivity contribution in [2.45, 2.75) is 26.1 Å². The molecule has 0 saturated heterocycles. The molecule has 0 aliphatic heterocycles. The van der Waals surface area contributed by atoms with E-state index in [0.717, 1.165) is 11.3 Å². The van der Waals surface area contributed by atoms with E-state index in [1.165, 1.54) is 0 Å². The largest absolute Gasteiger partial charge is 0.492 e. The van der Waals surface area contributed by atoms with Gasteiger partial charge in [0, 0.05) is 25.9 Å². The summed E-state index contributed by atoms with van der Waals surface area (Å²) in [5.74, 6) is 1.59. The number of aliphatic hydroxyl groups excluding tert-OH is 1. The van der Waals surface area contributed by atoms with Crippen LogP contribution in [0.1, 0.15) is 18.9 Å². The number of hydrogen-bond donors (Lipinski definition) is 2. The van der Waals surface area contributed by atoms with Crippen molar-refractivity contribution >= 4 is 5.78 Å². The molecular formula is C20H25NO4. The van der Waals surface area contributed by atoms with Crippen molar-refractivity contribution < 1.29 is 19.4 Å². The monoisotopic (exact) mass is 343 g/mol. The molecule has 5 nitrogen and oxygen atoms in total. The van der Waals surface area contributed by atoms with Crippen molar-refractivity contribution in [3.63, 3.8) is 0 Å². The summed E-state index contributed by atoms with van der Waals surface area (Å²) in [6.07, 6.45) is 0.119. The molecule has 0 saturated carbocycles. The summed E-state index contributed by atoms with van der Waals surface area (Å²) in [7, 11) is 0. The SMILES string of the molecule is CC(=O)Cc1ccc(OCCNCCC(O)Oc2ccccc2)cc1. The molecule has 2 aromatic carbocycles. The van der Waals surface area contributed by atoms with Crippen LogP contribution in [0.15, 0.2) is 54.6 Å². The molecule has 1 unspecified atom stereocenters. The van der Waals surface area contributed by atoms with Gasteiger partial charge in [0.05, 0.1) is 0 Å². The number of benzene rings is 2. The van der Waals surface area contributed by atoms with Crippen LogP contribution in [0.3, 0.4) is 0 Å². The Balaban J connectivity index is 1.55. The topological polar surface area (TPSA) is 67.8 Å². The fraction of sp³-hybridized carbons (Fsp3) is 0.350. The van der Waals surface area contributed by atoms with Gasteiger partial charge in [-0.2, -0.15) is 0 Å². The lowest BCUT2D eigenvalue weighted by atomic mass is 10.1. The zero-order chi connectivity index (χ0) is 17.9. The number of rotatable bonds is 11. The van der Waals surface area contributed by atoms with Crippen molar-refractivity contribution in [3.8, 4) is 11.5 Å². The number of Topliss-reactive ketones (excluding diaryl/α,β-unsaturated/α-hetero) is 1. The number of hydrogen-bond acceptors (Lipinski definition) is 5. The second kappa shape index (κ2) is 10.5. The summed E-state index contributed by atoms with van der Waals surface area (Å²) in [4.78, 5) is 11.1. The van der Waals surface area contributed by atoms with Gasteiger partial charge in [0.1, 0.15) is 23.9 Å². The van der Waals surface area contributed by atoms with Gasteiger partial charge in [-0.3, -0.25) is 4.79 Å². The Kier molecular flexibility index (Phi) is 7.95. The van der Waals surface area contributed by atoms with E-state index in [2.05, 4.69) is 5.32 Å². The van der Waals surface area contributed by atoms with E-state index in [1.54, 1.807) is 6.92 Å². The maximum Gasteiger partial charge on any atom is 0.198 e. The van der Waals surface area contributed by atoms with Crippen molar-refractivity contribution in [2.75, 3.05) is 19.7 Å². The second-order valence-corrected chi connectivity index (χ2v) is 5.80. The quantitative estimate of drug-likeness (QED) is 0.485. The molecular weight excluding hydrogens is 318 g/mol. The van der Waals surface area contributed by atoms with Gasteiger partial charge < -0.3 is 19.9 Å². The Morgan fingerprint density at radius 1 is 1.04 bits per heavy atom. The summed E-state index contributed by atoms with van der Waals surface area (Å²) in [5, 5.41) is 13.0. The Morgan fingerprint density at radius 2 is 1.76 bits per heavy atom. The minimum atomic E-state index is -0.829. The fourth-order valence-corrected chi connectivity index (χ4v) is 2.30. The lowest BCUT2D eigenvalue weighted by Gasteiger charge is -2.14. The first-order valence-electron chi connectivity index (χ1n) is 8.45. The van der Waals surface area contributed by atoms with E-state index in [1.807, 2.05) is 54.6 Å². The molecule has 0 aromatic heterocycles. The molecule has 0 amide bonds. The maximum absolute atomic E-state index is 11.1. The molecule has 25 heavy (non-hydrogen) atoms. The van der Waals surface area contributed by atoms with E-state index in [4.69, 9.17) is 9.47 Å². The van der Waals surface area contributed by atoms with Crippen LogP contribution in [-0.4, -0.2) is 36.9 Å². The van der Waals surface area contributed by atoms with Gasteiger partial charge in [-0.05, 0) is 36.8 Å². The Bertz CT molecular complexity index is 628. The van der Waals surface area contributed by atoms with Gasteiger partial charge in [-0.1, -0.05) is 30.3 Å². The first kappa shape index (κ1) is 19.0. The van der Waals surface area contributed by atoms with Gasteiger partial charge in [-0.15, -0.1) is 0 Å². The third kappa shape index (κ3) is 7.83. The van der Waals surface area contributed by atoms with Crippen molar-refractivity contribution in [3.05, 3.63) is 60.2 Å². The van der Waals surface area contributed by atoms with Crippen LogP contribution in [0.2, 0.25) is 0 Å². The lowest BCUT2D eigenvalue weighted by Crippen LogP contribution is -2.27. The van der Waals surface area contributed by atoms with Crippen LogP contribution in [0, 0.1) is 0 Å². The average molecular weight is 343 g/mol. The lowest BCUT2D eigenvalue weighted by molar-refractivity contribution is -0.116. The molecule has 134 valence electrons. The number of ether oxygens (including phenoxy) is 2. The number of nitrogens with one attached hydrogen (secondary N) is 1. The van der Waals surface area contributed by atoms with Gasteiger partial charge >= 0.3 is 0 Å². The van der Waals surface area contributed by atoms with Gasteiger partial charge in [-0.25, -0.2) is 0 Å². The van der Waals surface area contributed by atoms with Crippen LogP contribution < -0.4 is 14.8 Å². The third-order valence-corrected chi connectivity index (χ3v) is 3.51. The fourth-order valence-electron chi connectivity index (χ4n) is 2.30. The number of carbonyl (C=O) groups excluding carboxylic acids is 1. The Morgan fingerprint density at radius 3 is 2.44 bits per heavy atom. The van der Waals surface area contributed by atoms with Crippen molar-refractivity contribution in [1.82, 2.24) is 5.32 Å². The van der Waals surface area contributed by atoms with E-state index >= 15 is 0 Å². The van der Waals surface area contributed by atoms with Crippen molar-refractivity contribution in [1.29, 1.82) is 0 Å². The molecule has 1 atom stereocenters. The highest BCUT2D eigenvalue weighted by molar-refractivity contribution is 5.78. The van der Waals surface area contributed by atoms with E-state index in [9.17, 15) is 9.90 Å². The molecule has 2 aromatic rings. The molecule has 0 bridgehead atoms. The molecule has 0 aliphatic rings. The summed E-state index contributed by atoms with van der Waals surface area (Å²) in [6, 6.07) is 16.8. The molecule has 0 spiro atoms. The van der Waals surface area contributed by atoms with E-state index in [0.29, 0.717) is 38.3 Å². The summed E-state index contributed by atoms with van der Waals surface area (Å²) >= 11 is 0. The second-order valence-electron chi connectivity index (χ2n) is 5.80. The summed E-state index contributed by atoms with van der Waals surface area (Å²) in [5.41, 5.74) is 0.991. The highest BCUT2D eigenvalue weighted by atomic mass is 16.6. The highest BCUT2D eigenvalue weighted by Gasteiger charge is 2.05. The number of carbonyl (C=O) groups is 1. The Hall–Kier alpha value is -2.37. The zero-order valence-corrected chi connectivity index (χ0v) is 14.5. The maximum atomic E-state index is 11.1. The van der Waals surface area contributed by atoms with Gasteiger partial charge in [0.15, 0.2) is 6.29 Å². The smallest absolute Gasteiger partial charge is 0.198 e. The first-order chi connectivity index (χ1) is 12.1.